The molecule has 5 nitrogen and oxygen atoms in total. The van der Waals surface area contributed by atoms with E-state index in [1.54, 1.807) is 16.8 Å². The number of para-hydroxylation sites is 1. The van der Waals surface area contributed by atoms with Crippen molar-refractivity contribution >= 4 is 11.2 Å². The number of imidazole rings is 1. The average molecular weight is 294 g/mol. The van der Waals surface area contributed by atoms with Gasteiger partial charge in [0.25, 0.3) is 0 Å². The summed E-state index contributed by atoms with van der Waals surface area (Å²) in [5.74, 6) is -0.315. The summed E-state index contributed by atoms with van der Waals surface area (Å²) in [6.45, 7) is 0. The van der Waals surface area contributed by atoms with Crippen molar-refractivity contribution in [3.63, 3.8) is 0 Å². The van der Waals surface area contributed by atoms with Gasteiger partial charge in [-0.05, 0) is 36.4 Å². The number of aromatic amines is 2. The van der Waals surface area contributed by atoms with Crippen molar-refractivity contribution < 1.29 is 4.39 Å². The number of nitrogens with one attached hydrogen (secondary N) is 2. The lowest BCUT2D eigenvalue weighted by atomic mass is 10.1. The molecule has 0 saturated carbocycles. The lowest BCUT2D eigenvalue weighted by Crippen LogP contribution is -2.04. The van der Waals surface area contributed by atoms with Crippen LogP contribution in [0.5, 0.6) is 0 Å². The predicted molar refractivity (Wildman–Crippen MR) is 81.4 cm³/mol. The molecule has 0 spiro atoms. The summed E-state index contributed by atoms with van der Waals surface area (Å²) in [7, 11) is 0. The molecule has 0 aliphatic carbocycles. The van der Waals surface area contributed by atoms with Crippen molar-refractivity contribution in [1.29, 1.82) is 0 Å². The molecular formula is C16H11FN4O. The highest BCUT2D eigenvalue weighted by Gasteiger charge is 2.16. The number of hydrogen-bond acceptors (Lipinski definition) is 2. The highest BCUT2D eigenvalue weighted by Crippen LogP contribution is 2.26. The van der Waals surface area contributed by atoms with E-state index in [9.17, 15) is 9.18 Å². The second kappa shape index (κ2) is 4.70. The molecule has 2 N–H and O–H groups in total. The summed E-state index contributed by atoms with van der Waals surface area (Å²) in [5, 5.41) is 4.55. The lowest BCUT2D eigenvalue weighted by Gasteiger charge is -2.01. The molecule has 4 rings (SSSR count). The second-order valence-corrected chi connectivity index (χ2v) is 4.91. The molecule has 0 fully saturated rings. The van der Waals surface area contributed by atoms with Crippen molar-refractivity contribution in [2.24, 2.45) is 0 Å². The minimum absolute atomic E-state index is 0.305. The molecule has 2 aromatic carbocycles. The van der Waals surface area contributed by atoms with Crippen LogP contribution in [-0.4, -0.2) is 19.7 Å². The Bertz CT molecular complexity index is 996. The first-order valence-corrected chi connectivity index (χ1v) is 6.75. The smallest absolute Gasteiger partial charge is 0.302 e. The van der Waals surface area contributed by atoms with Crippen LogP contribution in [0.3, 0.4) is 0 Å². The molecule has 0 saturated heterocycles. The zero-order valence-corrected chi connectivity index (χ0v) is 11.4. The van der Waals surface area contributed by atoms with Gasteiger partial charge >= 0.3 is 5.69 Å². The predicted octanol–water partition coefficient (Wildman–Crippen LogP) is 2.85. The number of benzene rings is 2. The first kappa shape index (κ1) is 12.6. The summed E-state index contributed by atoms with van der Waals surface area (Å²) in [6.07, 6.45) is 0. The van der Waals surface area contributed by atoms with E-state index in [1.807, 2.05) is 30.3 Å². The Labute approximate surface area is 124 Å². The number of H-pyrrole nitrogens is 2. The van der Waals surface area contributed by atoms with Gasteiger partial charge in [0.1, 0.15) is 17.0 Å². The molecule has 2 aromatic heterocycles. The van der Waals surface area contributed by atoms with Gasteiger partial charge in [-0.15, -0.1) is 0 Å². The van der Waals surface area contributed by atoms with E-state index < -0.39 is 0 Å². The monoisotopic (exact) mass is 294 g/mol. The zero-order valence-electron chi connectivity index (χ0n) is 11.4. The molecule has 0 unspecified atom stereocenters. The topological polar surface area (TPSA) is 66.5 Å². The maximum absolute atomic E-state index is 13.1. The minimum Gasteiger partial charge on any atom is -0.302 e. The largest absolute Gasteiger partial charge is 0.325 e. The molecule has 4 aromatic rings. The molecule has 0 aliphatic rings. The van der Waals surface area contributed by atoms with Gasteiger partial charge < -0.3 is 4.98 Å². The Balaban J connectivity index is 2.00. The van der Waals surface area contributed by atoms with E-state index in [-0.39, 0.29) is 11.5 Å². The molecule has 108 valence electrons. The number of fused-ring (bicyclic) bond motifs is 1. The van der Waals surface area contributed by atoms with E-state index in [0.29, 0.717) is 16.9 Å². The Morgan fingerprint density at radius 3 is 2.41 bits per heavy atom. The van der Waals surface area contributed by atoms with Gasteiger partial charge in [0.05, 0.1) is 5.69 Å². The molecule has 0 bridgehead atoms. The van der Waals surface area contributed by atoms with E-state index in [2.05, 4.69) is 15.1 Å². The standard InChI is InChI=1S/C16H11FN4O/c17-11-8-6-10(7-9-11)13-14-15(19-16(22)18-14)21(20-13)12-4-2-1-3-5-12/h1-9H,(H2,18,19,22). The van der Waals surface area contributed by atoms with Crippen LogP contribution in [-0.2, 0) is 0 Å². The Kier molecular flexibility index (Phi) is 2.69. The summed E-state index contributed by atoms with van der Waals surface area (Å²) < 4.78 is 14.8. The first-order chi connectivity index (χ1) is 10.7. The first-order valence-electron chi connectivity index (χ1n) is 6.75. The van der Waals surface area contributed by atoms with Crippen LogP contribution >= 0.6 is 0 Å². The van der Waals surface area contributed by atoms with Crippen LogP contribution in [0.25, 0.3) is 28.1 Å². The van der Waals surface area contributed by atoms with Crippen LogP contribution in [0.4, 0.5) is 4.39 Å². The van der Waals surface area contributed by atoms with Crippen molar-refractivity contribution in [3.8, 4) is 16.9 Å². The van der Waals surface area contributed by atoms with E-state index >= 15 is 0 Å². The summed E-state index contributed by atoms with van der Waals surface area (Å²) in [6, 6.07) is 15.5. The molecule has 0 radical (unpaired) electrons. The third kappa shape index (κ3) is 1.93. The number of halogens is 1. The zero-order chi connectivity index (χ0) is 15.1. The normalized spacial score (nSPS) is 11.1. The quantitative estimate of drug-likeness (QED) is 0.597. The van der Waals surface area contributed by atoms with Gasteiger partial charge in [-0.2, -0.15) is 5.10 Å². The maximum atomic E-state index is 13.1. The van der Waals surface area contributed by atoms with E-state index in [1.165, 1.54) is 12.1 Å². The molecular weight excluding hydrogens is 283 g/mol. The Morgan fingerprint density at radius 2 is 1.68 bits per heavy atom. The van der Waals surface area contributed by atoms with Crippen LogP contribution in [0.2, 0.25) is 0 Å². The fourth-order valence-corrected chi connectivity index (χ4v) is 2.47. The fourth-order valence-electron chi connectivity index (χ4n) is 2.47. The third-order valence-corrected chi connectivity index (χ3v) is 3.47. The van der Waals surface area contributed by atoms with E-state index in [4.69, 9.17) is 0 Å². The van der Waals surface area contributed by atoms with Crippen LogP contribution in [0, 0.1) is 5.82 Å². The molecule has 0 atom stereocenters. The fraction of sp³-hybridized carbons (Fsp3) is 0. The second-order valence-electron chi connectivity index (χ2n) is 4.91. The molecule has 0 amide bonds. The van der Waals surface area contributed by atoms with E-state index in [0.717, 1.165) is 11.3 Å². The average Bonchev–Trinajstić information content (AvgIpc) is 3.06. The van der Waals surface area contributed by atoms with Gasteiger partial charge in [-0.1, -0.05) is 18.2 Å². The minimum atomic E-state index is -0.315. The highest BCUT2D eigenvalue weighted by atomic mass is 19.1. The molecule has 22 heavy (non-hydrogen) atoms. The van der Waals surface area contributed by atoms with Crippen molar-refractivity contribution in [3.05, 3.63) is 70.9 Å². The van der Waals surface area contributed by atoms with Gasteiger partial charge in [0.2, 0.25) is 0 Å². The summed E-state index contributed by atoms with van der Waals surface area (Å²) in [4.78, 5) is 17.1. The van der Waals surface area contributed by atoms with Crippen molar-refractivity contribution in [2.75, 3.05) is 0 Å². The Hall–Kier alpha value is -3.15. The lowest BCUT2D eigenvalue weighted by molar-refractivity contribution is 0.628. The maximum Gasteiger partial charge on any atom is 0.325 e. The van der Waals surface area contributed by atoms with Gasteiger partial charge in [-0.3, -0.25) is 4.98 Å². The van der Waals surface area contributed by atoms with Gasteiger partial charge in [0.15, 0.2) is 5.65 Å². The Morgan fingerprint density at radius 1 is 0.955 bits per heavy atom. The molecule has 2 heterocycles. The highest BCUT2D eigenvalue weighted by molar-refractivity contribution is 5.88. The summed E-state index contributed by atoms with van der Waals surface area (Å²) >= 11 is 0. The number of rotatable bonds is 2. The van der Waals surface area contributed by atoms with Crippen LogP contribution < -0.4 is 5.69 Å². The van der Waals surface area contributed by atoms with Crippen LogP contribution in [0.15, 0.2) is 59.4 Å². The summed E-state index contributed by atoms with van der Waals surface area (Å²) in [5.41, 5.74) is 3.03. The SMILES string of the molecule is O=c1[nH]c2c(-c3ccc(F)cc3)nn(-c3ccccc3)c2[nH]1. The molecule has 0 aliphatic heterocycles. The number of nitrogens with zero attached hydrogens (tertiary/aromatic N) is 2. The third-order valence-electron chi connectivity index (χ3n) is 3.47. The number of aromatic nitrogens is 4. The van der Waals surface area contributed by atoms with Crippen LogP contribution in [0.1, 0.15) is 0 Å². The van der Waals surface area contributed by atoms with Gasteiger partial charge in [0, 0.05) is 5.56 Å². The van der Waals surface area contributed by atoms with Gasteiger partial charge in [-0.25, -0.2) is 13.9 Å². The van der Waals surface area contributed by atoms with Crippen molar-refractivity contribution in [1.82, 2.24) is 19.7 Å². The number of hydrogen-bond donors (Lipinski definition) is 2. The van der Waals surface area contributed by atoms with Crippen molar-refractivity contribution in [2.45, 2.75) is 0 Å². The molecule has 6 heteroatoms.